The molecule has 0 aliphatic heterocycles. The molecule has 0 aliphatic rings. The normalized spacial score (nSPS) is 14.8. The van der Waals surface area contributed by atoms with Crippen molar-refractivity contribution in [3.63, 3.8) is 0 Å². The highest BCUT2D eigenvalue weighted by Gasteiger charge is 2.21. The molecule has 2 rings (SSSR count). The molecular weight excluding hydrogens is 301 g/mol. The van der Waals surface area contributed by atoms with Gasteiger partial charge in [0.05, 0.1) is 5.52 Å². The van der Waals surface area contributed by atoms with Crippen LogP contribution in [0.4, 0.5) is 0 Å². The number of pyridine rings is 1. The molecule has 0 spiro atoms. The lowest BCUT2D eigenvalue weighted by atomic mass is 10.1. The fourth-order valence-electron chi connectivity index (χ4n) is 1.38. The van der Waals surface area contributed by atoms with Gasteiger partial charge in [0.1, 0.15) is 0 Å². The van der Waals surface area contributed by atoms with Crippen molar-refractivity contribution in [2.75, 3.05) is 0 Å². The topological polar surface area (TPSA) is 33.1 Å². The predicted octanol–water partition coefficient (Wildman–Crippen LogP) is 3.00. The van der Waals surface area contributed by atoms with Crippen molar-refractivity contribution in [2.45, 2.75) is 3.61 Å². The summed E-state index contributed by atoms with van der Waals surface area (Å²) in [4.78, 5) is 4.28. The lowest BCUT2D eigenvalue weighted by Gasteiger charge is -2.16. The van der Waals surface area contributed by atoms with Crippen LogP contribution in [0.25, 0.3) is 10.9 Å². The van der Waals surface area contributed by atoms with Crippen molar-refractivity contribution in [3.05, 3.63) is 54.7 Å². The molecule has 0 saturated carbocycles. The van der Waals surface area contributed by atoms with Crippen molar-refractivity contribution in [2.24, 2.45) is 0 Å². The maximum atomic E-state index is 9.98. The average Bonchev–Trinajstić information content (AvgIpc) is 2.28. The summed E-state index contributed by atoms with van der Waals surface area (Å²) in [6.45, 7) is 3.60. The van der Waals surface area contributed by atoms with Crippen LogP contribution in [0, 0.1) is 0 Å². The minimum absolute atomic E-state index is 0.747. The van der Waals surface area contributed by atoms with Crippen molar-refractivity contribution in [1.29, 1.82) is 0 Å². The number of fused-ring (bicyclic) bond motifs is 1. The maximum Gasteiger partial charge on any atom is 0.160 e. The Bertz CT molecular complexity index is 508. The summed E-state index contributed by atoms with van der Waals surface area (Å²) in [5.41, 5.74) is 1.68. The van der Waals surface area contributed by atoms with E-state index >= 15 is 0 Å². The third-order valence-electron chi connectivity index (χ3n) is 2.27. The minimum atomic E-state index is -1.05. The summed E-state index contributed by atoms with van der Waals surface area (Å²) in [5, 5.41) is 11.0. The van der Waals surface area contributed by atoms with Crippen LogP contribution in [0.3, 0.4) is 0 Å². The van der Waals surface area contributed by atoms with E-state index in [9.17, 15) is 5.11 Å². The monoisotopic (exact) mass is 311 g/mol. The lowest BCUT2D eigenvalue weighted by Crippen LogP contribution is -2.12. The standard InChI is InChI=1S/C12H10INO/c1-2-12(13,15)10-7-9-5-3-4-6-11(9)14-8-10/h2-8,15H,1H2. The van der Waals surface area contributed by atoms with Gasteiger partial charge >= 0.3 is 0 Å². The van der Waals surface area contributed by atoms with Crippen LogP contribution < -0.4 is 0 Å². The third kappa shape index (κ3) is 2.03. The fraction of sp³-hybridized carbons (Fsp3) is 0.0833. The number of aromatic nitrogens is 1. The molecule has 3 heteroatoms. The highest BCUT2D eigenvalue weighted by Crippen LogP contribution is 2.30. The molecule has 1 aromatic heterocycles. The molecule has 2 aromatic rings. The van der Waals surface area contributed by atoms with Crippen LogP contribution in [-0.4, -0.2) is 10.1 Å². The quantitative estimate of drug-likeness (QED) is 0.525. The predicted molar refractivity (Wildman–Crippen MR) is 69.9 cm³/mol. The number of hydrogen-bond acceptors (Lipinski definition) is 2. The molecule has 0 radical (unpaired) electrons. The second kappa shape index (κ2) is 3.90. The van der Waals surface area contributed by atoms with Crippen LogP contribution in [0.15, 0.2) is 49.2 Å². The highest BCUT2D eigenvalue weighted by atomic mass is 127. The van der Waals surface area contributed by atoms with E-state index in [0.29, 0.717) is 0 Å². The van der Waals surface area contributed by atoms with Gasteiger partial charge in [-0.3, -0.25) is 4.98 Å². The number of para-hydroxylation sites is 1. The molecule has 0 fully saturated rings. The third-order valence-corrected chi connectivity index (χ3v) is 3.33. The summed E-state index contributed by atoms with van der Waals surface area (Å²) in [6.07, 6.45) is 3.18. The Morgan fingerprint density at radius 2 is 2.13 bits per heavy atom. The second-order valence-corrected chi connectivity index (χ2v) is 4.94. The van der Waals surface area contributed by atoms with Crippen LogP contribution >= 0.6 is 22.6 Å². The van der Waals surface area contributed by atoms with E-state index in [1.165, 1.54) is 6.08 Å². The fourth-order valence-corrected chi connectivity index (χ4v) is 1.68. The Morgan fingerprint density at radius 1 is 1.40 bits per heavy atom. The number of hydrogen-bond donors (Lipinski definition) is 1. The highest BCUT2D eigenvalue weighted by molar-refractivity contribution is 14.1. The van der Waals surface area contributed by atoms with Gasteiger partial charge < -0.3 is 5.11 Å². The van der Waals surface area contributed by atoms with Crippen molar-refractivity contribution < 1.29 is 5.11 Å². The number of halogens is 1. The van der Waals surface area contributed by atoms with Crippen LogP contribution in [0.1, 0.15) is 5.56 Å². The van der Waals surface area contributed by atoms with Crippen LogP contribution in [-0.2, 0) is 3.61 Å². The molecule has 1 N–H and O–H groups in total. The Morgan fingerprint density at radius 3 is 2.87 bits per heavy atom. The van der Waals surface area contributed by atoms with Crippen molar-refractivity contribution in [3.8, 4) is 0 Å². The van der Waals surface area contributed by atoms with Crippen molar-refractivity contribution >= 4 is 33.5 Å². The van der Waals surface area contributed by atoms with Gasteiger partial charge in [0.15, 0.2) is 3.61 Å². The van der Waals surface area contributed by atoms with E-state index in [-0.39, 0.29) is 0 Å². The Kier molecular flexibility index (Phi) is 2.75. The van der Waals surface area contributed by atoms with Gasteiger partial charge in [-0.25, -0.2) is 0 Å². The molecule has 0 amide bonds. The molecule has 2 nitrogen and oxygen atoms in total. The van der Waals surface area contributed by atoms with E-state index in [2.05, 4.69) is 11.6 Å². The molecule has 0 aliphatic carbocycles. The van der Waals surface area contributed by atoms with E-state index in [4.69, 9.17) is 0 Å². The Labute approximate surface area is 102 Å². The zero-order valence-corrected chi connectivity index (χ0v) is 10.2. The number of nitrogens with zero attached hydrogens (tertiary/aromatic N) is 1. The van der Waals surface area contributed by atoms with Crippen LogP contribution in [0.2, 0.25) is 0 Å². The molecule has 1 unspecified atom stereocenters. The summed E-state index contributed by atoms with van der Waals surface area (Å²) in [6, 6.07) is 9.74. The van der Waals surface area contributed by atoms with Gasteiger partial charge in [0, 0.05) is 17.1 Å². The first-order valence-electron chi connectivity index (χ1n) is 4.53. The molecule has 76 valence electrons. The minimum Gasteiger partial charge on any atom is -0.372 e. The molecule has 0 saturated heterocycles. The van der Waals surface area contributed by atoms with E-state index in [0.717, 1.165) is 16.5 Å². The van der Waals surface area contributed by atoms with Gasteiger partial charge in [0.2, 0.25) is 0 Å². The Balaban J connectivity index is 2.61. The molecule has 0 bridgehead atoms. The number of rotatable bonds is 2. The first-order chi connectivity index (χ1) is 7.13. The van der Waals surface area contributed by atoms with Gasteiger partial charge in [-0.15, -0.1) is 0 Å². The lowest BCUT2D eigenvalue weighted by molar-refractivity contribution is 0.209. The first kappa shape index (κ1) is 10.6. The molecule has 1 aromatic carbocycles. The smallest absolute Gasteiger partial charge is 0.160 e. The van der Waals surface area contributed by atoms with Gasteiger partial charge in [-0.1, -0.05) is 24.8 Å². The summed E-state index contributed by atoms with van der Waals surface area (Å²) in [7, 11) is 0. The SMILES string of the molecule is C=CC(O)(I)c1cnc2ccccc2c1. The van der Waals surface area contributed by atoms with E-state index < -0.39 is 3.61 Å². The molecule has 1 atom stereocenters. The average molecular weight is 311 g/mol. The molecule has 15 heavy (non-hydrogen) atoms. The van der Waals surface area contributed by atoms with Crippen LogP contribution in [0.5, 0.6) is 0 Å². The van der Waals surface area contributed by atoms with E-state index in [1.807, 2.05) is 52.9 Å². The van der Waals surface area contributed by atoms with Gasteiger partial charge in [-0.2, -0.15) is 0 Å². The summed E-state index contributed by atoms with van der Waals surface area (Å²) >= 11 is 1.94. The maximum absolute atomic E-state index is 9.98. The number of alkyl halides is 1. The first-order valence-corrected chi connectivity index (χ1v) is 5.61. The van der Waals surface area contributed by atoms with Crippen molar-refractivity contribution in [1.82, 2.24) is 4.98 Å². The zero-order chi connectivity index (χ0) is 10.9. The Hall–Kier alpha value is -0.940. The van der Waals surface area contributed by atoms with Gasteiger partial charge in [-0.05, 0) is 40.8 Å². The van der Waals surface area contributed by atoms with Gasteiger partial charge in [0.25, 0.3) is 0 Å². The number of benzene rings is 1. The second-order valence-electron chi connectivity index (χ2n) is 3.29. The molecule has 1 heterocycles. The number of aliphatic hydroxyl groups is 1. The van der Waals surface area contributed by atoms with E-state index in [1.54, 1.807) is 6.20 Å². The summed E-state index contributed by atoms with van der Waals surface area (Å²) in [5.74, 6) is 0. The largest absolute Gasteiger partial charge is 0.372 e. The zero-order valence-electron chi connectivity index (χ0n) is 8.02. The summed E-state index contributed by atoms with van der Waals surface area (Å²) < 4.78 is -1.05. The molecular formula is C12H10INO.